The van der Waals surface area contributed by atoms with E-state index in [2.05, 4.69) is 31.2 Å². The molecule has 24 heavy (non-hydrogen) atoms. The summed E-state index contributed by atoms with van der Waals surface area (Å²) in [5, 5.41) is 3.26. The SMILES string of the molecule is Cn1ccnc1C1CNCCN1C(=O)Cn1cc(Br)c(=O)[nH]c1=O. The molecular formula is C14H17BrN6O3. The van der Waals surface area contributed by atoms with E-state index in [9.17, 15) is 14.4 Å². The summed E-state index contributed by atoms with van der Waals surface area (Å²) in [4.78, 5) is 44.2. The van der Waals surface area contributed by atoms with Gasteiger partial charge in [-0.1, -0.05) is 0 Å². The van der Waals surface area contributed by atoms with E-state index in [4.69, 9.17) is 0 Å². The molecule has 2 aromatic heterocycles. The lowest BCUT2D eigenvalue weighted by Gasteiger charge is -2.35. The van der Waals surface area contributed by atoms with E-state index < -0.39 is 11.2 Å². The van der Waals surface area contributed by atoms with Gasteiger partial charge in [-0.2, -0.15) is 0 Å². The summed E-state index contributed by atoms with van der Waals surface area (Å²) < 4.78 is 3.27. The molecule has 3 heterocycles. The highest BCUT2D eigenvalue weighted by atomic mass is 79.9. The molecule has 10 heteroatoms. The number of imidazole rings is 1. The van der Waals surface area contributed by atoms with Crippen LogP contribution in [0, 0.1) is 0 Å². The van der Waals surface area contributed by atoms with Crippen LogP contribution >= 0.6 is 15.9 Å². The van der Waals surface area contributed by atoms with Gasteiger partial charge in [0.15, 0.2) is 0 Å². The fourth-order valence-corrected chi connectivity index (χ4v) is 3.11. The Morgan fingerprint density at radius 1 is 1.46 bits per heavy atom. The lowest BCUT2D eigenvalue weighted by atomic mass is 10.1. The van der Waals surface area contributed by atoms with E-state index in [0.717, 1.165) is 5.82 Å². The van der Waals surface area contributed by atoms with E-state index in [1.807, 2.05) is 17.8 Å². The van der Waals surface area contributed by atoms with E-state index in [1.54, 1.807) is 11.1 Å². The lowest BCUT2D eigenvalue weighted by molar-refractivity contribution is -0.135. The summed E-state index contributed by atoms with van der Waals surface area (Å²) in [5.41, 5.74) is -1.13. The molecule has 0 saturated carbocycles. The first-order valence-electron chi connectivity index (χ1n) is 7.44. The van der Waals surface area contributed by atoms with Gasteiger partial charge in [-0.15, -0.1) is 0 Å². The first-order chi connectivity index (χ1) is 11.5. The Morgan fingerprint density at radius 3 is 2.96 bits per heavy atom. The van der Waals surface area contributed by atoms with Crippen molar-refractivity contribution in [2.75, 3.05) is 19.6 Å². The summed E-state index contributed by atoms with van der Waals surface area (Å²) >= 11 is 3.07. The second kappa shape index (κ2) is 6.73. The van der Waals surface area contributed by atoms with Crippen molar-refractivity contribution in [1.29, 1.82) is 0 Å². The van der Waals surface area contributed by atoms with Crippen LogP contribution in [0.5, 0.6) is 0 Å². The molecule has 0 radical (unpaired) electrons. The number of carbonyl (C=O) groups is 1. The number of rotatable bonds is 3. The van der Waals surface area contributed by atoms with Gasteiger partial charge in [0, 0.05) is 45.3 Å². The molecule has 9 nitrogen and oxygen atoms in total. The minimum absolute atomic E-state index is 0.144. The number of H-pyrrole nitrogens is 1. The Morgan fingerprint density at radius 2 is 2.25 bits per heavy atom. The molecule has 2 N–H and O–H groups in total. The van der Waals surface area contributed by atoms with Gasteiger partial charge < -0.3 is 14.8 Å². The Kier molecular flexibility index (Phi) is 4.67. The number of nitrogens with one attached hydrogen (secondary N) is 2. The standard InChI is InChI=1S/C14H17BrN6O3/c1-19-4-3-17-12(19)10-6-16-2-5-21(10)11(22)8-20-7-9(15)13(23)18-14(20)24/h3-4,7,10,16H,2,5-6,8H2,1H3,(H,18,23,24). The number of nitrogens with zero attached hydrogens (tertiary/aromatic N) is 4. The van der Waals surface area contributed by atoms with Crippen molar-refractivity contribution in [2.45, 2.75) is 12.6 Å². The van der Waals surface area contributed by atoms with Gasteiger partial charge in [0.05, 0.1) is 4.47 Å². The van der Waals surface area contributed by atoms with Crippen molar-refractivity contribution in [3.63, 3.8) is 0 Å². The van der Waals surface area contributed by atoms with Gasteiger partial charge in [0.1, 0.15) is 18.4 Å². The molecule has 1 aliphatic rings. The van der Waals surface area contributed by atoms with Crippen LogP contribution in [0.4, 0.5) is 0 Å². The summed E-state index contributed by atoms with van der Waals surface area (Å²) in [6.45, 7) is 1.66. The van der Waals surface area contributed by atoms with Crippen molar-refractivity contribution >= 4 is 21.8 Å². The molecule has 0 aliphatic carbocycles. The molecule has 2 aromatic rings. The maximum Gasteiger partial charge on any atom is 0.328 e. The molecule has 0 bridgehead atoms. The van der Waals surface area contributed by atoms with E-state index >= 15 is 0 Å². The van der Waals surface area contributed by atoms with Gasteiger partial charge in [-0.3, -0.25) is 19.1 Å². The minimum Gasteiger partial charge on any atom is -0.336 e. The third kappa shape index (κ3) is 3.20. The topological polar surface area (TPSA) is 105 Å². The van der Waals surface area contributed by atoms with Crippen molar-refractivity contribution in [2.24, 2.45) is 7.05 Å². The number of amides is 1. The first-order valence-corrected chi connectivity index (χ1v) is 8.23. The lowest BCUT2D eigenvalue weighted by Crippen LogP contribution is -2.51. The van der Waals surface area contributed by atoms with Crippen LogP contribution in [-0.4, -0.2) is 49.5 Å². The van der Waals surface area contributed by atoms with Gasteiger partial charge >= 0.3 is 5.69 Å². The number of aromatic nitrogens is 4. The average Bonchev–Trinajstić information content (AvgIpc) is 2.98. The van der Waals surface area contributed by atoms with Gasteiger partial charge in [0.2, 0.25) is 5.91 Å². The molecule has 3 rings (SSSR count). The van der Waals surface area contributed by atoms with Crippen molar-refractivity contribution in [3.8, 4) is 0 Å². The second-order valence-electron chi connectivity index (χ2n) is 5.57. The monoisotopic (exact) mass is 396 g/mol. The smallest absolute Gasteiger partial charge is 0.328 e. The summed E-state index contributed by atoms with van der Waals surface area (Å²) in [6.07, 6.45) is 4.85. The Hall–Kier alpha value is -2.20. The van der Waals surface area contributed by atoms with Gasteiger partial charge in [-0.25, -0.2) is 9.78 Å². The van der Waals surface area contributed by atoms with Crippen molar-refractivity contribution < 1.29 is 4.79 Å². The Labute approximate surface area is 145 Å². The highest BCUT2D eigenvalue weighted by Gasteiger charge is 2.30. The van der Waals surface area contributed by atoms with Crippen LogP contribution in [-0.2, 0) is 18.4 Å². The van der Waals surface area contributed by atoms with E-state index in [-0.39, 0.29) is 23.0 Å². The molecule has 1 aliphatic heterocycles. The molecule has 1 atom stereocenters. The largest absolute Gasteiger partial charge is 0.336 e. The molecule has 1 saturated heterocycles. The summed E-state index contributed by atoms with van der Waals surface area (Å²) in [5.74, 6) is 0.580. The number of piperazine rings is 1. The van der Waals surface area contributed by atoms with E-state index in [1.165, 1.54) is 10.8 Å². The number of aryl methyl sites for hydroxylation is 1. The number of halogens is 1. The quantitative estimate of drug-likeness (QED) is 0.706. The molecule has 128 valence electrons. The highest BCUT2D eigenvalue weighted by Crippen LogP contribution is 2.20. The Balaban J connectivity index is 1.85. The van der Waals surface area contributed by atoms with Crippen LogP contribution in [0.1, 0.15) is 11.9 Å². The van der Waals surface area contributed by atoms with Gasteiger partial charge in [0.25, 0.3) is 5.56 Å². The normalized spacial score (nSPS) is 17.9. The third-order valence-electron chi connectivity index (χ3n) is 3.99. The van der Waals surface area contributed by atoms with Crippen LogP contribution in [0.3, 0.4) is 0 Å². The predicted molar refractivity (Wildman–Crippen MR) is 89.6 cm³/mol. The second-order valence-corrected chi connectivity index (χ2v) is 6.42. The minimum atomic E-state index is -0.611. The highest BCUT2D eigenvalue weighted by molar-refractivity contribution is 9.10. The summed E-state index contributed by atoms with van der Waals surface area (Å²) in [6, 6.07) is -0.201. The molecule has 0 aromatic carbocycles. The molecule has 1 amide bonds. The zero-order chi connectivity index (χ0) is 17.3. The number of aromatic amines is 1. The van der Waals surface area contributed by atoms with Crippen molar-refractivity contribution in [1.82, 2.24) is 29.3 Å². The number of carbonyl (C=O) groups excluding carboxylic acids is 1. The zero-order valence-corrected chi connectivity index (χ0v) is 14.6. The van der Waals surface area contributed by atoms with Crippen LogP contribution in [0.15, 0.2) is 32.7 Å². The van der Waals surface area contributed by atoms with Crippen LogP contribution in [0.2, 0.25) is 0 Å². The summed E-state index contributed by atoms with van der Waals surface area (Å²) in [7, 11) is 1.88. The maximum atomic E-state index is 12.7. The molecule has 0 spiro atoms. The van der Waals surface area contributed by atoms with E-state index in [0.29, 0.717) is 19.6 Å². The van der Waals surface area contributed by atoms with Crippen molar-refractivity contribution in [3.05, 3.63) is 49.7 Å². The number of hydrogen-bond donors (Lipinski definition) is 2. The zero-order valence-electron chi connectivity index (χ0n) is 13.0. The average molecular weight is 397 g/mol. The van der Waals surface area contributed by atoms with Gasteiger partial charge in [-0.05, 0) is 15.9 Å². The van der Waals surface area contributed by atoms with Crippen LogP contribution in [0.25, 0.3) is 0 Å². The predicted octanol–water partition coefficient (Wildman–Crippen LogP) is -0.794. The third-order valence-corrected chi connectivity index (χ3v) is 4.56. The molecule has 1 unspecified atom stereocenters. The van der Waals surface area contributed by atoms with Crippen LogP contribution < -0.4 is 16.6 Å². The number of hydrogen-bond acceptors (Lipinski definition) is 5. The fraction of sp³-hybridized carbons (Fsp3) is 0.429. The fourth-order valence-electron chi connectivity index (χ4n) is 2.77. The molecular weight excluding hydrogens is 380 g/mol. The maximum absolute atomic E-state index is 12.7. The molecule has 1 fully saturated rings. The first kappa shape index (κ1) is 16.7. The Bertz CT molecular complexity index is 870.